The Labute approximate surface area is 108 Å². The Morgan fingerprint density at radius 3 is 2.44 bits per heavy atom. The Morgan fingerprint density at radius 2 is 1.94 bits per heavy atom. The minimum absolute atomic E-state index is 0.0381. The summed E-state index contributed by atoms with van der Waals surface area (Å²) in [6.07, 6.45) is 0.834. The smallest absolute Gasteiger partial charge is 0.220 e. The van der Waals surface area contributed by atoms with Crippen molar-refractivity contribution in [3.63, 3.8) is 0 Å². The van der Waals surface area contributed by atoms with E-state index in [1.807, 2.05) is 38.1 Å². The van der Waals surface area contributed by atoms with Crippen molar-refractivity contribution in [2.45, 2.75) is 32.2 Å². The van der Waals surface area contributed by atoms with E-state index >= 15 is 0 Å². The Hall–Kier alpha value is -1.55. The molecule has 1 amide bonds. The number of benzene rings is 1. The summed E-state index contributed by atoms with van der Waals surface area (Å²) in [7, 11) is 1.62. The van der Waals surface area contributed by atoms with Gasteiger partial charge in [0.05, 0.1) is 12.6 Å². The van der Waals surface area contributed by atoms with Crippen LogP contribution in [-0.4, -0.2) is 24.7 Å². The molecule has 0 saturated carbocycles. The molecule has 0 aliphatic rings. The minimum Gasteiger partial charge on any atom is -0.497 e. The number of nitrogens with one attached hydrogen (secondary N) is 1. The Kier molecular flexibility index (Phi) is 5.16. The number of carbonyl (C=O) groups excluding carboxylic acids is 1. The number of methoxy groups -OCH3 is 1. The number of rotatable bonds is 6. The molecule has 1 aromatic rings. The number of ether oxygens (including phenoxy) is 1. The first-order valence-corrected chi connectivity index (χ1v) is 6.06. The van der Waals surface area contributed by atoms with E-state index in [4.69, 9.17) is 9.84 Å². The van der Waals surface area contributed by atoms with Crippen LogP contribution >= 0.6 is 0 Å². The van der Waals surface area contributed by atoms with E-state index in [2.05, 4.69) is 5.32 Å². The van der Waals surface area contributed by atoms with Gasteiger partial charge in [-0.1, -0.05) is 12.1 Å². The predicted octanol–water partition coefficient (Wildman–Crippen LogP) is 1.82. The van der Waals surface area contributed by atoms with Crippen LogP contribution in [-0.2, 0) is 10.3 Å². The van der Waals surface area contributed by atoms with E-state index in [-0.39, 0.29) is 12.5 Å². The van der Waals surface area contributed by atoms with Gasteiger partial charge < -0.3 is 15.2 Å². The lowest BCUT2D eigenvalue weighted by Gasteiger charge is -2.27. The highest BCUT2D eigenvalue weighted by Gasteiger charge is 2.22. The summed E-state index contributed by atoms with van der Waals surface area (Å²) in [4.78, 5) is 11.7. The van der Waals surface area contributed by atoms with Crippen molar-refractivity contribution < 1.29 is 14.6 Å². The first kappa shape index (κ1) is 14.5. The molecular weight excluding hydrogens is 230 g/mol. The summed E-state index contributed by atoms with van der Waals surface area (Å²) >= 11 is 0. The molecule has 0 saturated heterocycles. The number of amides is 1. The SMILES string of the molecule is COc1ccc(C(C)(C)NC(=O)CCCO)cc1. The average Bonchev–Trinajstić information content (AvgIpc) is 2.36. The van der Waals surface area contributed by atoms with Gasteiger partial charge >= 0.3 is 0 Å². The largest absolute Gasteiger partial charge is 0.497 e. The molecule has 0 aromatic heterocycles. The van der Waals surface area contributed by atoms with E-state index in [1.165, 1.54) is 0 Å². The monoisotopic (exact) mass is 251 g/mol. The van der Waals surface area contributed by atoms with Crippen LogP contribution < -0.4 is 10.1 Å². The molecule has 0 heterocycles. The third-order valence-electron chi connectivity index (χ3n) is 2.83. The first-order chi connectivity index (χ1) is 8.49. The molecule has 4 heteroatoms. The highest BCUT2D eigenvalue weighted by Crippen LogP contribution is 2.22. The van der Waals surface area contributed by atoms with Gasteiger partial charge in [-0.2, -0.15) is 0 Å². The van der Waals surface area contributed by atoms with Crippen LogP contribution in [0.25, 0.3) is 0 Å². The van der Waals surface area contributed by atoms with Gasteiger partial charge in [-0.05, 0) is 38.0 Å². The lowest BCUT2D eigenvalue weighted by molar-refractivity contribution is -0.123. The number of hydrogen-bond acceptors (Lipinski definition) is 3. The molecule has 0 atom stereocenters. The molecule has 0 fully saturated rings. The van der Waals surface area contributed by atoms with E-state index in [1.54, 1.807) is 7.11 Å². The van der Waals surface area contributed by atoms with Crippen molar-refractivity contribution in [1.29, 1.82) is 0 Å². The zero-order valence-electron chi connectivity index (χ0n) is 11.2. The molecular formula is C14H21NO3. The molecule has 18 heavy (non-hydrogen) atoms. The molecule has 0 unspecified atom stereocenters. The minimum atomic E-state index is -0.432. The molecule has 0 spiro atoms. The quantitative estimate of drug-likeness (QED) is 0.810. The molecule has 0 bridgehead atoms. The Balaban J connectivity index is 2.69. The van der Waals surface area contributed by atoms with Crippen LogP contribution in [0.2, 0.25) is 0 Å². The highest BCUT2D eigenvalue weighted by molar-refractivity contribution is 5.76. The van der Waals surface area contributed by atoms with E-state index in [0.717, 1.165) is 11.3 Å². The van der Waals surface area contributed by atoms with Crippen molar-refractivity contribution >= 4 is 5.91 Å². The maximum absolute atomic E-state index is 11.7. The van der Waals surface area contributed by atoms with Gasteiger partial charge in [-0.25, -0.2) is 0 Å². The van der Waals surface area contributed by atoms with Crippen molar-refractivity contribution in [3.05, 3.63) is 29.8 Å². The fraction of sp³-hybridized carbons (Fsp3) is 0.500. The first-order valence-electron chi connectivity index (χ1n) is 6.06. The van der Waals surface area contributed by atoms with Gasteiger partial charge in [0.15, 0.2) is 0 Å². The average molecular weight is 251 g/mol. The topological polar surface area (TPSA) is 58.6 Å². The number of hydrogen-bond donors (Lipinski definition) is 2. The van der Waals surface area contributed by atoms with Crippen LogP contribution in [0, 0.1) is 0 Å². The second-order valence-electron chi connectivity index (χ2n) is 4.73. The normalized spacial score (nSPS) is 11.1. The van der Waals surface area contributed by atoms with Crippen molar-refractivity contribution in [2.24, 2.45) is 0 Å². The molecule has 0 radical (unpaired) electrons. The van der Waals surface area contributed by atoms with Gasteiger partial charge in [0.2, 0.25) is 5.91 Å². The third kappa shape index (κ3) is 4.04. The van der Waals surface area contributed by atoms with Crippen LogP contribution in [0.5, 0.6) is 5.75 Å². The zero-order valence-corrected chi connectivity index (χ0v) is 11.2. The maximum atomic E-state index is 11.7. The predicted molar refractivity (Wildman–Crippen MR) is 70.5 cm³/mol. The van der Waals surface area contributed by atoms with Crippen molar-refractivity contribution in [3.8, 4) is 5.75 Å². The third-order valence-corrected chi connectivity index (χ3v) is 2.83. The molecule has 1 aromatic carbocycles. The summed E-state index contributed by atoms with van der Waals surface area (Å²) in [5.74, 6) is 0.742. The number of aliphatic hydroxyl groups is 1. The summed E-state index contributed by atoms with van der Waals surface area (Å²) in [5, 5.41) is 11.6. The molecule has 4 nitrogen and oxygen atoms in total. The van der Waals surface area contributed by atoms with Gasteiger partial charge in [0, 0.05) is 13.0 Å². The second-order valence-corrected chi connectivity index (χ2v) is 4.73. The summed E-state index contributed by atoms with van der Waals surface area (Å²) in [6, 6.07) is 7.62. The van der Waals surface area contributed by atoms with Crippen LogP contribution in [0.1, 0.15) is 32.3 Å². The number of carbonyl (C=O) groups is 1. The zero-order chi connectivity index (χ0) is 13.6. The lowest BCUT2D eigenvalue weighted by atomic mass is 9.94. The lowest BCUT2D eigenvalue weighted by Crippen LogP contribution is -2.40. The fourth-order valence-corrected chi connectivity index (χ4v) is 1.73. The summed E-state index contributed by atoms with van der Waals surface area (Å²) < 4.78 is 5.10. The molecule has 100 valence electrons. The standard InChI is InChI=1S/C14H21NO3/c1-14(2,15-13(17)5-4-10-16)11-6-8-12(18-3)9-7-11/h6-9,16H,4-5,10H2,1-3H3,(H,15,17). The van der Waals surface area contributed by atoms with Gasteiger partial charge in [0.25, 0.3) is 0 Å². The van der Waals surface area contributed by atoms with Crippen molar-refractivity contribution in [2.75, 3.05) is 13.7 Å². The van der Waals surface area contributed by atoms with E-state index in [0.29, 0.717) is 12.8 Å². The van der Waals surface area contributed by atoms with Gasteiger partial charge in [-0.15, -0.1) is 0 Å². The fourth-order valence-electron chi connectivity index (χ4n) is 1.73. The molecule has 2 N–H and O–H groups in total. The molecule has 0 aliphatic heterocycles. The molecule has 0 aliphatic carbocycles. The van der Waals surface area contributed by atoms with E-state index in [9.17, 15) is 4.79 Å². The van der Waals surface area contributed by atoms with Crippen LogP contribution in [0.4, 0.5) is 0 Å². The van der Waals surface area contributed by atoms with Crippen LogP contribution in [0.3, 0.4) is 0 Å². The van der Waals surface area contributed by atoms with Gasteiger partial charge in [-0.3, -0.25) is 4.79 Å². The van der Waals surface area contributed by atoms with Gasteiger partial charge in [0.1, 0.15) is 5.75 Å². The Bertz CT molecular complexity index is 385. The summed E-state index contributed by atoms with van der Waals surface area (Å²) in [5.41, 5.74) is 0.583. The molecule has 1 rings (SSSR count). The maximum Gasteiger partial charge on any atom is 0.220 e. The Morgan fingerprint density at radius 1 is 1.33 bits per heavy atom. The highest BCUT2D eigenvalue weighted by atomic mass is 16.5. The number of aliphatic hydroxyl groups excluding tert-OH is 1. The second kappa shape index (κ2) is 6.40. The van der Waals surface area contributed by atoms with E-state index < -0.39 is 5.54 Å². The van der Waals surface area contributed by atoms with Crippen LogP contribution in [0.15, 0.2) is 24.3 Å². The summed E-state index contributed by atoms with van der Waals surface area (Å²) in [6.45, 7) is 3.94. The van der Waals surface area contributed by atoms with Crippen molar-refractivity contribution in [1.82, 2.24) is 5.32 Å².